The standard InChI is InChI=1S/C21H26N8O/c1-21(12-22)5-8-28(9-6-21)16-11-24-17-19(25-16)26-27-20(17)29-7-4-13-10-14(18(23)30)2-3-15(13)29/h2-3,10-11H,4-9,12,22H2,1H3,(H2,23,30)(H,25,26,27). The second kappa shape index (κ2) is 6.94. The molecule has 0 radical (unpaired) electrons. The third-order valence-corrected chi connectivity index (χ3v) is 6.54. The fraction of sp³-hybridized carbons (Fsp3) is 0.429. The Morgan fingerprint density at radius 2 is 2.07 bits per heavy atom. The number of aromatic nitrogens is 4. The molecule has 1 saturated heterocycles. The van der Waals surface area contributed by atoms with Crippen molar-refractivity contribution in [3.05, 3.63) is 35.5 Å². The van der Waals surface area contributed by atoms with Gasteiger partial charge in [-0.05, 0) is 55.0 Å². The lowest BCUT2D eigenvalue weighted by molar-refractivity contribution is 0.1000. The molecular formula is C21H26N8O. The van der Waals surface area contributed by atoms with Gasteiger partial charge in [0.1, 0.15) is 5.82 Å². The van der Waals surface area contributed by atoms with Crippen molar-refractivity contribution in [1.82, 2.24) is 20.2 Å². The first-order chi connectivity index (χ1) is 14.5. The third kappa shape index (κ3) is 3.06. The number of nitrogens with two attached hydrogens (primary N) is 2. The molecule has 3 aromatic rings. The Morgan fingerprint density at radius 1 is 1.27 bits per heavy atom. The van der Waals surface area contributed by atoms with Gasteiger partial charge in [0.25, 0.3) is 0 Å². The smallest absolute Gasteiger partial charge is 0.248 e. The van der Waals surface area contributed by atoms with Crippen molar-refractivity contribution in [1.29, 1.82) is 0 Å². The molecule has 1 fully saturated rings. The van der Waals surface area contributed by atoms with Crippen molar-refractivity contribution in [2.45, 2.75) is 26.2 Å². The molecule has 156 valence electrons. The van der Waals surface area contributed by atoms with E-state index in [1.165, 1.54) is 0 Å². The van der Waals surface area contributed by atoms with Crippen molar-refractivity contribution >= 4 is 34.4 Å². The molecule has 0 aliphatic carbocycles. The Bertz CT molecular complexity index is 1120. The predicted molar refractivity (Wildman–Crippen MR) is 116 cm³/mol. The maximum absolute atomic E-state index is 11.5. The lowest BCUT2D eigenvalue weighted by atomic mass is 9.80. The number of nitrogens with one attached hydrogen (secondary N) is 1. The van der Waals surface area contributed by atoms with Crippen LogP contribution in [-0.4, -0.2) is 52.3 Å². The summed E-state index contributed by atoms with van der Waals surface area (Å²) in [6.45, 7) is 5.59. The van der Waals surface area contributed by atoms with Crippen molar-refractivity contribution < 1.29 is 4.79 Å². The van der Waals surface area contributed by atoms with Crippen LogP contribution in [0.1, 0.15) is 35.7 Å². The van der Waals surface area contributed by atoms with Crippen molar-refractivity contribution in [2.24, 2.45) is 16.9 Å². The number of carbonyl (C=O) groups excluding carboxylic acids is 1. The predicted octanol–water partition coefficient (Wildman–Crippen LogP) is 1.71. The lowest BCUT2D eigenvalue weighted by Gasteiger charge is -2.39. The van der Waals surface area contributed by atoms with Crippen LogP contribution >= 0.6 is 0 Å². The number of rotatable bonds is 4. The van der Waals surface area contributed by atoms with Gasteiger partial charge in [0.05, 0.1) is 6.20 Å². The fourth-order valence-corrected chi connectivity index (χ4v) is 4.38. The first-order valence-corrected chi connectivity index (χ1v) is 10.3. The quantitative estimate of drug-likeness (QED) is 0.601. The highest BCUT2D eigenvalue weighted by atomic mass is 16.1. The van der Waals surface area contributed by atoms with E-state index in [-0.39, 0.29) is 5.41 Å². The summed E-state index contributed by atoms with van der Waals surface area (Å²) >= 11 is 0. The van der Waals surface area contributed by atoms with E-state index < -0.39 is 5.91 Å². The molecule has 0 saturated carbocycles. The van der Waals surface area contributed by atoms with E-state index in [1.807, 2.05) is 18.3 Å². The lowest BCUT2D eigenvalue weighted by Crippen LogP contribution is -2.42. The van der Waals surface area contributed by atoms with Gasteiger partial charge in [-0.15, -0.1) is 0 Å². The number of hydrogen-bond donors (Lipinski definition) is 3. The number of primary amides is 1. The molecule has 5 N–H and O–H groups in total. The summed E-state index contributed by atoms with van der Waals surface area (Å²) in [7, 11) is 0. The van der Waals surface area contributed by atoms with Crippen LogP contribution in [0.2, 0.25) is 0 Å². The Labute approximate surface area is 174 Å². The molecule has 1 amide bonds. The van der Waals surface area contributed by atoms with E-state index in [0.717, 1.165) is 67.3 Å². The molecule has 2 aliphatic rings. The van der Waals surface area contributed by atoms with Crippen LogP contribution in [-0.2, 0) is 6.42 Å². The number of H-pyrrole nitrogens is 1. The van der Waals surface area contributed by atoms with Gasteiger partial charge in [-0.25, -0.2) is 9.97 Å². The number of fused-ring (bicyclic) bond motifs is 2. The molecular weight excluding hydrogens is 380 g/mol. The number of hydrogen-bond acceptors (Lipinski definition) is 7. The zero-order chi connectivity index (χ0) is 20.9. The summed E-state index contributed by atoms with van der Waals surface area (Å²) in [5.74, 6) is 1.21. The first-order valence-electron chi connectivity index (χ1n) is 10.3. The van der Waals surface area contributed by atoms with Crippen LogP contribution in [0.25, 0.3) is 11.2 Å². The van der Waals surface area contributed by atoms with Gasteiger partial charge in [0.15, 0.2) is 17.0 Å². The highest BCUT2D eigenvalue weighted by molar-refractivity contribution is 5.94. The van der Waals surface area contributed by atoms with Gasteiger partial charge in [-0.2, -0.15) is 5.10 Å². The molecule has 0 bridgehead atoms. The van der Waals surface area contributed by atoms with Crippen LogP contribution in [0, 0.1) is 5.41 Å². The number of aromatic amines is 1. The van der Waals surface area contributed by atoms with Crippen molar-refractivity contribution in [2.75, 3.05) is 36.0 Å². The second-order valence-corrected chi connectivity index (χ2v) is 8.58. The average molecular weight is 406 g/mol. The minimum absolute atomic E-state index is 0.215. The molecule has 4 heterocycles. The number of benzene rings is 1. The number of piperidine rings is 1. The third-order valence-electron chi connectivity index (χ3n) is 6.54. The largest absolute Gasteiger partial charge is 0.366 e. The molecule has 9 heteroatoms. The highest BCUT2D eigenvalue weighted by Gasteiger charge is 2.30. The Morgan fingerprint density at radius 3 is 2.80 bits per heavy atom. The summed E-state index contributed by atoms with van der Waals surface area (Å²) in [6, 6.07) is 5.54. The molecule has 2 aliphatic heterocycles. The van der Waals surface area contributed by atoms with E-state index in [9.17, 15) is 4.79 Å². The van der Waals surface area contributed by atoms with Gasteiger partial charge in [0.2, 0.25) is 5.91 Å². The molecule has 30 heavy (non-hydrogen) atoms. The van der Waals surface area contributed by atoms with Gasteiger partial charge < -0.3 is 21.3 Å². The van der Waals surface area contributed by atoms with E-state index >= 15 is 0 Å². The van der Waals surface area contributed by atoms with Crippen LogP contribution in [0.4, 0.5) is 17.3 Å². The van der Waals surface area contributed by atoms with Gasteiger partial charge in [-0.3, -0.25) is 9.89 Å². The molecule has 1 aromatic carbocycles. The molecule has 0 atom stereocenters. The van der Waals surface area contributed by atoms with Crippen LogP contribution in [0.5, 0.6) is 0 Å². The summed E-state index contributed by atoms with van der Waals surface area (Å²) in [4.78, 5) is 25.3. The van der Waals surface area contributed by atoms with Gasteiger partial charge in [0, 0.05) is 30.9 Å². The Balaban J connectivity index is 1.42. The Hall–Kier alpha value is -3.20. The molecule has 0 spiro atoms. The van der Waals surface area contributed by atoms with E-state index in [4.69, 9.17) is 21.4 Å². The van der Waals surface area contributed by atoms with Crippen LogP contribution < -0.4 is 21.3 Å². The zero-order valence-corrected chi connectivity index (χ0v) is 17.1. The summed E-state index contributed by atoms with van der Waals surface area (Å²) < 4.78 is 0. The number of carbonyl (C=O) groups is 1. The monoisotopic (exact) mass is 406 g/mol. The summed E-state index contributed by atoms with van der Waals surface area (Å²) in [6.07, 6.45) is 4.76. The Kier molecular flexibility index (Phi) is 4.35. The van der Waals surface area contributed by atoms with Gasteiger partial charge in [-0.1, -0.05) is 6.92 Å². The summed E-state index contributed by atoms with van der Waals surface area (Å²) in [5.41, 5.74) is 15.6. The van der Waals surface area contributed by atoms with Gasteiger partial charge >= 0.3 is 0 Å². The van der Waals surface area contributed by atoms with Crippen LogP contribution in [0.15, 0.2) is 24.4 Å². The first kappa shape index (κ1) is 18.8. The minimum Gasteiger partial charge on any atom is -0.366 e. The van der Waals surface area contributed by atoms with Crippen molar-refractivity contribution in [3.63, 3.8) is 0 Å². The summed E-state index contributed by atoms with van der Waals surface area (Å²) in [5, 5.41) is 7.55. The molecule has 9 nitrogen and oxygen atoms in total. The van der Waals surface area contributed by atoms with E-state index in [0.29, 0.717) is 17.8 Å². The zero-order valence-electron chi connectivity index (χ0n) is 17.1. The van der Waals surface area contributed by atoms with E-state index in [2.05, 4.69) is 26.9 Å². The number of amides is 1. The number of nitrogens with zero attached hydrogens (tertiary/aromatic N) is 5. The maximum atomic E-state index is 11.5. The SMILES string of the molecule is CC1(CN)CCN(c2cnc3c(N4CCc5cc(C(N)=O)ccc54)n[nH]c3n2)CC1. The second-order valence-electron chi connectivity index (χ2n) is 8.58. The molecule has 5 rings (SSSR count). The van der Waals surface area contributed by atoms with Crippen LogP contribution in [0.3, 0.4) is 0 Å². The minimum atomic E-state index is -0.413. The maximum Gasteiger partial charge on any atom is 0.248 e. The van der Waals surface area contributed by atoms with E-state index in [1.54, 1.807) is 6.07 Å². The fourth-order valence-electron chi connectivity index (χ4n) is 4.38. The highest BCUT2D eigenvalue weighted by Crippen LogP contribution is 2.37. The normalized spacial score (nSPS) is 18.1. The average Bonchev–Trinajstić information content (AvgIpc) is 3.37. The van der Waals surface area contributed by atoms with Crippen molar-refractivity contribution in [3.8, 4) is 0 Å². The number of anilines is 3. The topological polar surface area (TPSA) is 130 Å². The molecule has 0 unspecified atom stereocenters. The molecule has 2 aromatic heterocycles.